The van der Waals surface area contributed by atoms with E-state index in [2.05, 4.69) is 0 Å². The molecule has 0 bridgehead atoms. The van der Waals surface area contributed by atoms with E-state index in [0.29, 0.717) is 28.6 Å². The molecule has 0 saturated carbocycles. The zero-order chi connectivity index (χ0) is 21.3. The standard InChI is InChI=1S/C25H24ClNO3/c1-16-7-4-5-10-20(16)25(28)27-12-11-17-14-22(29-2)23(30-3)15-21(17)24(27)18-8-6-9-19(26)13-18/h4-10,13-15,24H,11-12H2,1-3H3/t24-/m1/s1. The molecule has 0 spiro atoms. The van der Waals surface area contributed by atoms with Crippen LogP contribution >= 0.6 is 11.6 Å². The lowest BCUT2D eigenvalue weighted by Gasteiger charge is -2.38. The minimum absolute atomic E-state index is 0.0125. The quantitative estimate of drug-likeness (QED) is 0.562. The van der Waals surface area contributed by atoms with E-state index in [1.54, 1.807) is 14.2 Å². The van der Waals surface area contributed by atoms with Crippen LogP contribution < -0.4 is 9.47 Å². The number of nitrogens with zero attached hydrogens (tertiary/aromatic N) is 1. The Morgan fingerprint density at radius 1 is 1.00 bits per heavy atom. The molecule has 0 saturated heterocycles. The van der Waals surface area contributed by atoms with Gasteiger partial charge in [0.1, 0.15) is 0 Å². The molecule has 1 heterocycles. The molecule has 1 atom stereocenters. The normalized spacial score (nSPS) is 15.5. The van der Waals surface area contributed by atoms with Crippen molar-refractivity contribution in [2.45, 2.75) is 19.4 Å². The molecular formula is C25H24ClNO3. The fraction of sp³-hybridized carbons (Fsp3) is 0.240. The van der Waals surface area contributed by atoms with Crippen molar-refractivity contribution in [3.05, 3.63) is 93.5 Å². The number of ether oxygens (including phenoxy) is 2. The number of hydrogen-bond donors (Lipinski definition) is 0. The van der Waals surface area contributed by atoms with Crippen LogP contribution in [0.3, 0.4) is 0 Å². The van der Waals surface area contributed by atoms with Crippen LogP contribution in [-0.4, -0.2) is 31.6 Å². The fourth-order valence-corrected chi connectivity index (χ4v) is 4.37. The molecule has 0 fully saturated rings. The van der Waals surface area contributed by atoms with Gasteiger partial charge in [-0.15, -0.1) is 0 Å². The molecule has 0 radical (unpaired) electrons. The number of carbonyl (C=O) groups excluding carboxylic acids is 1. The van der Waals surface area contributed by atoms with E-state index in [1.165, 1.54) is 0 Å². The summed E-state index contributed by atoms with van der Waals surface area (Å²) < 4.78 is 11.1. The number of fused-ring (bicyclic) bond motifs is 1. The predicted molar refractivity (Wildman–Crippen MR) is 119 cm³/mol. The van der Waals surface area contributed by atoms with Gasteiger partial charge in [-0.25, -0.2) is 0 Å². The van der Waals surface area contributed by atoms with Crippen LogP contribution in [0.25, 0.3) is 0 Å². The van der Waals surface area contributed by atoms with Crippen molar-refractivity contribution in [3.63, 3.8) is 0 Å². The monoisotopic (exact) mass is 421 g/mol. The highest BCUT2D eigenvalue weighted by atomic mass is 35.5. The van der Waals surface area contributed by atoms with Gasteiger partial charge >= 0.3 is 0 Å². The summed E-state index contributed by atoms with van der Waals surface area (Å²) >= 11 is 6.32. The predicted octanol–water partition coefficient (Wildman–Crippen LogP) is 5.45. The lowest BCUT2D eigenvalue weighted by Crippen LogP contribution is -2.41. The molecule has 5 heteroatoms. The van der Waals surface area contributed by atoms with E-state index in [-0.39, 0.29) is 11.9 Å². The highest BCUT2D eigenvalue weighted by Gasteiger charge is 2.34. The Bertz CT molecular complexity index is 1100. The van der Waals surface area contributed by atoms with Gasteiger partial charge in [-0.3, -0.25) is 4.79 Å². The molecule has 0 unspecified atom stereocenters. The van der Waals surface area contributed by atoms with Crippen LogP contribution in [0.1, 0.15) is 38.7 Å². The third-order valence-electron chi connectivity index (χ3n) is 5.67. The summed E-state index contributed by atoms with van der Waals surface area (Å²) in [5, 5.41) is 0.642. The molecule has 154 valence electrons. The Morgan fingerprint density at radius 3 is 2.43 bits per heavy atom. The van der Waals surface area contributed by atoms with Gasteiger partial charge in [-0.2, -0.15) is 0 Å². The van der Waals surface area contributed by atoms with Crippen LogP contribution in [0.4, 0.5) is 0 Å². The van der Waals surface area contributed by atoms with Crippen molar-refractivity contribution in [2.75, 3.05) is 20.8 Å². The average molecular weight is 422 g/mol. The molecule has 1 amide bonds. The van der Waals surface area contributed by atoms with Gasteiger partial charge in [-0.1, -0.05) is 41.9 Å². The van der Waals surface area contributed by atoms with Crippen molar-refractivity contribution in [2.24, 2.45) is 0 Å². The minimum atomic E-state index is -0.264. The van der Waals surface area contributed by atoms with Crippen molar-refractivity contribution >= 4 is 17.5 Å². The number of amides is 1. The number of rotatable bonds is 4. The zero-order valence-corrected chi connectivity index (χ0v) is 18.1. The van der Waals surface area contributed by atoms with E-state index >= 15 is 0 Å². The van der Waals surface area contributed by atoms with Crippen molar-refractivity contribution < 1.29 is 14.3 Å². The molecule has 1 aliphatic rings. The molecule has 4 nitrogen and oxygen atoms in total. The molecular weight excluding hydrogens is 398 g/mol. The Morgan fingerprint density at radius 2 is 1.73 bits per heavy atom. The number of carbonyl (C=O) groups is 1. The van der Waals surface area contributed by atoms with Crippen LogP contribution in [0.15, 0.2) is 60.7 Å². The third kappa shape index (κ3) is 3.63. The van der Waals surface area contributed by atoms with Gasteiger partial charge in [-0.05, 0) is 65.9 Å². The maximum Gasteiger partial charge on any atom is 0.254 e. The summed E-state index contributed by atoms with van der Waals surface area (Å²) in [4.78, 5) is 15.5. The number of aryl methyl sites for hydroxylation is 1. The SMILES string of the molecule is COc1cc2c(cc1OC)[C@@H](c1cccc(Cl)c1)N(C(=O)c1ccccc1C)CC2. The number of methoxy groups -OCH3 is 2. The second-order valence-corrected chi connectivity index (χ2v) is 7.86. The summed E-state index contributed by atoms with van der Waals surface area (Å²) in [5.41, 5.74) is 4.83. The lowest BCUT2D eigenvalue weighted by molar-refractivity contribution is 0.0693. The first kappa shape index (κ1) is 20.3. The first-order valence-corrected chi connectivity index (χ1v) is 10.3. The first-order chi connectivity index (χ1) is 14.5. The van der Waals surface area contributed by atoms with Crippen molar-refractivity contribution in [1.82, 2.24) is 4.90 Å². The van der Waals surface area contributed by atoms with Gasteiger partial charge < -0.3 is 14.4 Å². The number of hydrogen-bond acceptors (Lipinski definition) is 3. The first-order valence-electron chi connectivity index (χ1n) is 9.90. The zero-order valence-electron chi connectivity index (χ0n) is 17.3. The fourth-order valence-electron chi connectivity index (χ4n) is 4.17. The highest BCUT2D eigenvalue weighted by molar-refractivity contribution is 6.30. The Hall–Kier alpha value is -2.98. The second kappa shape index (κ2) is 8.41. The largest absolute Gasteiger partial charge is 0.493 e. The van der Waals surface area contributed by atoms with Crippen molar-refractivity contribution in [3.8, 4) is 11.5 Å². The number of halogens is 1. The Balaban J connectivity index is 1.88. The van der Waals surface area contributed by atoms with E-state index in [9.17, 15) is 4.79 Å². The Kier molecular flexibility index (Phi) is 5.69. The molecule has 4 rings (SSSR count). The van der Waals surface area contributed by atoms with Gasteiger partial charge in [0.25, 0.3) is 5.91 Å². The molecule has 1 aliphatic heterocycles. The van der Waals surface area contributed by atoms with Crippen LogP contribution in [-0.2, 0) is 6.42 Å². The molecule has 3 aromatic rings. The third-order valence-corrected chi connectivity index (χ3v) is 5.91. The topological polar surface area (TPSA) is 38.8 Å². The van der Waals surface area contributed by atoms with E-state index in [0.717, 1.165) is 28.7 Å². The number of benzene rings is 3. The van der Waals surface area contributed by atoms with E-state index in [4.69, 9.17) is 21.1 Å². The van der Waals surface area contributed by atoms with Crippen molar-refractivity contribution in [1.29, 1.82) is 0 Å². The molecule has 0 aliphatic carbocycles. The summed E-state index contributed by atoms with van der Waals surface area (Å²) in [6.45, 7) is 2.57. The van der Waals surface area contributed by atoms with Crippen LogP contribution in [0, 0.1) is 6.92 Å². The maximum absolute atomic E-state index is 13.6. The summed E-state index contributed by atoms with van der Waals surface area (Å²) in [6.07, 6.45) is 0.740. The minimum Gasteiger partial charge on any atom is -0.493 e. The lowest BCUT2D eigenvalue weighted by atomic mass is 9.87. The van der Waals surface area contributed by atoms with Gasteiger partial charge in [0.2, 0.25) is 0 Å². The van der Waals surface area contributed by atoms with E-state index < -0.39 is 0 Å². The van der Waals surface area contributed by atoms with Gasteiger partial charge in [0, 0.05) is 17.1 Å². The van der Waals surface area contributed by atoms with Crippen LogP contribution in [0.5, 0.6) is 11.5 Å². The molecule has 0 N–H and O–H groups in total. The maximum atomic E-state index is 13.6. The van der Waals surface area contributed by atoms with Gasteiger partial charge in [0.15, 0.2) is 11.5 Å². The van der Waals surface area contributed by atoms with E-state index in [1.807, 2.05) is 72.5 Å². The highest BCUT2D eigenvalue weighted by Crippen LogP contribution is 2.42. The van der Waals surface area contributed by atoms with Gasteiger partial charge in [0.05, 0.1) is 20.3 Å². The molecule has 3 aromatic carbocycles. The average Bonchev–Trinajstić information content (AvgIpc) is 2.77. The Labute approximate surface area is 182 Å². The summed E-state index contributed by atoms with van der Waals surface area (Å²) in [5.74, 6) is 1.35. The molecule has 0 aromatic heterocycles. The second-order valence-electron chi connectivity index (χ2n) is 7.43. The molecule has 30 heavy (non-hydrogen) atoms. The summed E-state index contributed by atoms with van der Waals surface area (Å²) in [6, 6.07) is 19.1. The summed E-state index contributed by atoms with van der Waals surface area (Å²) in [7, 11) is 3.26. The van der Waals surface area contributed by atoms with Crippen LogP contribution in [0.2, 0.25) is 5.02 Å². The smallest absolute Gasteiger partial charge is 0.254 e.